The van der Waals surface area contributed by atoms with E-state index in [0.717, 1.165) is 43.4 Å². The van der Waals surface area contributed by atoms with Crippen molar-refractivity contribution in [3.05, 3.63) is 34.9 Å². The molecule has 0 aromatic heterocycles. The van der Waals surface area contributed by atoms with Gasteiger partial charge in [0.2, 0.25) is 0 Å². The fraction of sp³-hybridized carbons (Fsp3) is 0.760. The molecule has 1 saturated carbocycles. The molecule has 1 nitrogen and oxygen atoms in total. The van der Waals surface area contributed by atoms with Crippen LogP contribution in [0.4, 0.5) is 0 Å². The van der Waals surface area contributed by atoms with Gasteiger partial charge in [-0.1, -0.05) is 50.1 Å². The van der Waals surface area contributed by atoms with Crippen molar-refractivity contribution in [2.24, 2.45) is 23.2 Å². The van der Waals surface area contributed by atoms with Crippen LogP contribution < -0.4 is 0 Å². The molecular weight excluding hydrogens is 316 g/mol. The average molecular weight is 359 g/mol. The third kappa shape index (κ3) is 5.59. The zero-order chi connectivity index (χ0) is 19.3. The molecule has 1 heteroatoms. The van der Waals surface area contributed by atoms with Gasteiger partial charge in [0, 0.05) is 0 Å². The molecule has 148 valence electrons. The summed E-state index contributed by atoms with van der Waals surface area (Å²) in [7, 11) is 0. The van der Waals surface area contributed by atoms with E-state index in [1.807, 2.05) is 0 Å². The van der Waals surface area contributed by atoms with Gasteiger partial charge in [0.05, 0.1) is 6.10 Å². The van der Waals surface area contributed by atoms with Gasteiger partial charge in [-0.2, -0.15) is 0 Å². The Morgan fingerprint density at radius 1 is 1.00 bits per heavy atom. The lowest BCUT2D eigenvalue weighted by molar-refractivity contribution is 0.167. The number of hydrogen-bond acceptors (Lipinski definition) is 1. The molecule has 1 N–H and O–H groups in total. The van der Waals surface area contributed by atoms with Crippen LogP contribution in [0.2, 0.25) is 0 Å². The molecule has 0 aromatic rings. The fourth-order valence-corrected chi connectivity index (χ4v) is 5.11. The number of aliphatic hydroxyl groups is 1. The van der Waals surface area contributed by atoms with Crippen molar-refractivity contribution < 1.29 is 5.11 Å². The van der Waals surface area contributed by atoms with Crippen LogP contribution in [0, 0.1) is 23.2 Å². The first-order valence-electron chi connectivity index (χ1n) is 10.9. The van der Waals surface area contributed by atoms with E-state index in [-0.39, 0.29) is 6.10 Å². The van der Waals surface area contributed by atoms with Gasteiger partial charge < -0.3 is 5.11 Å². The van der Waals surface area contributed by atoms with Gasteiger partial charge in [-0.3, -0.25) is 0 Å². The first kappa shape index (κ1) is 21.5. The average Bonchev–Trinajstić information content (AvgIpc) is 2.92. The maximum atomic E-state index is 10.6. The highest BCUT2D eigenvalue weighted by Crippen LogP contribution is 2.53. The third-order valence-corrected chi connectivity index (χ3v) is 7.30. The van der Waals surface area contributed by atoms with E-state index in [0.29, 0.717) is 5.41 Å². The number of allylic oxidation sites excluding steroid dienone is 5. The van der Waals surface area contributed by atoms with E-state index in [4.69, 9.17) is 0 Å². The lowest BCUT2D eigenvalue weighted by Gasteiger charge is -2.35. The van der Waals surface area contributed by atoms with Gasteiger partial charge in [-0.15, -0.1) is 0 Å². The van der Waals surface area contributed by atoms with Crippen LogP contribution in [0.3, 0.4) is 0 Å². The monoisotopic (exact) mass is 358 g/mol. The predicted molar refractivity (Wildman–Crippen MR) is 114 cm³/mol. The molecular formula is C25H42O. The Morgan fingerprint density at radius 3 is 2.38 bits per heavy atom. The molecule has 2 aliphatic rings. The maximum Gasteiger partial charge on any atom is 0.0750 e. The van der Waals surface area contributed by atoms with Crippen LogP contribution in [-0.2, 0) is 0 Å². The first-order valence-corrected chi connectivity index (χ1v) is 10.9. The quantitative estimate of drug-likeness (QED) is 0.490. The van der Waals surface area contributed by atoms with Crippen LogP contribution >= 0.6 is 0 Å². The third-order valence-electron chi connectivity index (χ3n) is 7.30. The molecule has 26 heavy (non-hydrogen) atoms. The summed E-state index contributed by atoms with van der Waals surface area (Å²) >= 11 is 0. The molecule has 0 heterocycles. The minimum absolute atomic E-state index is 0.284. The highest BCUT2D eigenvalue weighted by atomic mass is 16.3. The molecule has 0 saturated heterocycles. The van der Waals surface area contributed by atoms with Crippen molar-refractivity contribution in [2.75, 3.05) is 0 Å². The molecule has 4 atom stereocenters. The summed E-state index contributed by atoms with van der Waals surface area (Å²) < 4.78 is 0. The summed E-state index contributed by atoms with van der Waals surface area (Å²) in [5.41, 5.74) is 4.55. The van der Waals surface area contributed by atoms with E-state index in [2.05, 4.69) is 59.8 Å². The predicted octanol–water partition coefficient (Wildman–Crippen LogP) is 7.23. The number of rotatable bonds is 1. The second-order valence-corrected chi connectivity index (χ2v) is 9.79. The first-order chi connectivity index (χ1) is 12.2. The molecule has 1 fully saturated rings. The topological polar surface area (TPSA) is 20.2 Å². The van der Waals surface area contributed by atoms with Crippen molar-refractivity contribution in [3.8, 4) is 0 Å². The molecule has 0 aliphatic heterocycles. The SMILES string of the molecule is CC1=CC[C@]2(C)CC[C@@H](C(C)C)C2CC=C(C)[C@@H](O)CCC(C)=CCC1. The van der Waals surface area contributed by atoms with Crippen LogP contribution in [-0.4, -0.2) is 11.2 Å². The minimum atomic E-state index is -0.284. The number of aliphatic hydroxyl groups excluding tert-OH is 1. The second kappa shape index (κ2) is 9.40. The van der Waals surface area contributed by atoms with E-state index in [1.165, 1.54) is 36.8 Å². The lowest BCUT2D eigenvalue weighted by atomic mass is 9.70. The van der Waals surface area contributed by atoms with E-state index >= 15 is 0 Å². The second-order valence-electron chi connectivity index (χ2n) is 9.79. The highest BCUT2D eigenvalue weighted by Gasteiger charge is 2.44. The number of fused-ring (bicyclic) bond motifs is 1. The Morgan fingerprint density at radius 2 is 1.69 bits per heavy atom. The largest absolute Gasteiger partial charge is 0.389 e. The van der Waals surface area contributed by atoms with Crippen molar-refractivity contribution in [1.82, 2.24) is 0 Å². The fourth-order valence-electron chi connectivity index (χ4n) is 5.11. The molecule has 1 unspecified atom stereocenters. The zero-order valence-electron chi connectivity index (χ0n) is 18.1. The Bertz CT molecular complexity index is 551. The summed E-state index contributed by atoms with van der Waals surface area (Å²) in [5, 5.41) is 10.6. The summed E-state index contributed by atoms with van der Waals surface area (Å²) in [6, 6.07) is 0. The Kier molecular flexibility index (Phi) is 7.76. The molecule has 0 amide bonds. The van der Waals surface area contributed by atoms with Crippen molar-refractivity contribution >= 4 is 0 Å². The van der Waals surface area contributed by atoms with Gasteiger partial charge >= 0.3 is 0 Å². The minimum Gasteiger partial charge on any atom is -0.389 e. The summed E-state index contributed by atoms with van der Waals surface area (Å²) in [5.74, 6) is 2.30. The zero-order valence-corrected chi connectivity index (χ0v) is 18.1. The summed E-state index contributed by atoms with van der Waals surface area (Å²) in [6.07, 6.45) is 16.2. The molecule has 0 aromatic carbocycles. The lowest BCUT2D eigenvalue weighted by Crippen LogP contribution is -2.27. The van der Waals surface area contributed by atoms with Crippen molar-refractivity contribution in [3.63, 3.8) is 0 Å². The Balaban J connectivity index is 2.28. The van der Waals surface area contributed by atoms with Crippen LogP contribution in [0.1, 0.15) is 92.9 Å². The molecule has 2 rings (SSSR count). The molecule has 2 aliphatic carbocycles. The smallest absolute Gasteiger partial charge is 0.0750 e. The van der Waals surface area contributed by atoms with Crippen LogP contribution in [0.15, 0.2) is 34.9 Å². The van der Waals surface area contributed by atoms with E-state index in [9.17, 15) is 5.11 Å². The van der Waals surface area contributed by atoms with Crippen molar-refractivity contribution in [2.45, 2.75) is 99.0 Å². The summed E-state index contributed by atoms with van der Waals surface area (Å²) in [4.78, 5) is 0. The summed E-state index contributed by atoms with van der Waals surface area (Å²) in [6.45, 7) is 14.0. The Hall–Kier alpha value is -0.820. The molecule has 0 radical (unpaired) electrons. The van der Waals surface area contributed by atoms with Crippen molar-refractivity contribution in [1.29, 1.82) is 0 Å². The van der Waals surface area contributed by atoms with Gasteiger partial charge in [-0.05, 0) is 101 Å². The van der Waals surface area contributed by atoms with Crippen LogP contribution in [0.25, 0.3) is 0 Å². The van der Waals surface area contributed by atoms with Gasteiger partial charge in [0.15, 0.2) is 0 Å². The maximum absolute atomic E-state index is 10.6. The van der Waals surface area contributed by atoms with Gasteiger partial charge in [0.25, 0.3) is 0 Å². The number of hydrogen-bond donors (Lipinski definition) is 1. The van der Waals surface area contributed by atoms with Crippen LogP contribution in [0.5, 0.6) is 0 Å². The van der Waals surface area contributed by atoms with E-state index < -0.39 is 0 Å². The standard InChI is InChI=1S/C25H42O/c1-18(2)22-15-17-25(6)16-14-20(4)9-7-8-19(3)10-13-24(26)21(5)11-12-23(22)25/h8,11,14,18,22-24,26H,7,9-10,12-13,15-17H2,1-6H3/t22-,23?,24-,25+/m0/s1. The highest BCUT2D eigenvalue weighted by molar-refractivity contribution is 5.12. The normalized spacial score (nSPS) is 35.1. The van der Waals surface area contributed by atoms with Gasteiger partial charge in [-0.25, -0.2) is 0 Å². The van der Waals surface area contributed by atoms with E-state index in [1.54, 1.807) is 5.57 Å². The molecule has 0 spiro atoms. The van der Waals surface area contributed by atoms with Gasteiger partial charge in [0.1, 0.15) is 0 Å². The Labute approximate surface area is 162 Å². The molecule has 0 bridgehead atoms.